The number of nitrogens with zero attached hydrogens (tertiary/aromatic N) is 1. The highest BCUT2D eigenvalue weighted by Gasteiger charge is 2.55. The van der Waals surface area contributed by atoms with Gasteiger partial charge in [-0.3, -0.25) is 9.59 Å². The van der Waals surface area contributed by atoms with E-state index in [2.05, 4.69) is 0 Å². The second-order valence-corrected chi connectivity index (χ2v) is 10.7. The van der Waals surface area contributed by atoms with Crippen LogP contribution in [0.25, 0.3) is 6.08 Å². The fourth-order valence-electron chi connectivity index (χ4n) is 5.91. The number of fused-ring (bicyclic) bond motifs is 1. The lowest BCUT2D eigenvalue weighted by molar-refractivity contribution is -0.143. The number of phenols is 1. The molecule has 0 bridgehead atoms. The molecule has 1 aliphatic heterocycles. The summed E-state index contributed by atoms with van der Waals surface area (Å²) in [4.78, 5) is 27.2. The van der Waals surface area contributed by atoms with E-state index in [1.165, 1.54) is 6.07 Å². The lowest BCUT2D eigenvalue weighted by Crippen LogP contribution is -2.38. The summed E-state index contributed by atoms with van der Waals surface area (Å²) < 4.78 is 80.7. The van der Waals surface area contributed by atoms with Crippen molar-refractivity contribution in [2.45, 2.75) is 51.6 Å². The van der Waals surface area contributed by atoms with Crippen molar-refractivity contribution < 1.29 is 51.3 Å². The average Bonchev–Trinajstić information content (AvgIpc) is 3.15. The summed E-state index contributed by atoms with van der Waals surface area (Å²) in [7, 11) is 0. The Morgan fingerprint density at radius 2 is 1.62 bits per heavy atom. The van der Waals surface area contributed by atoms with E-state index in [0.717, 1.165) is 5.57 Å². The second-order valence-electron chi connectivity index (χ2n) is 10.7. The van der Waals surface area contributed by atoms with Gasteiger partial charge in [-0.1, -0.05) is 35.4 Å². The van der Waals surface area contributed by atoms with Crippen molar-refractivity contribution in [3.8, 4) is 5.75 Å². The zero-order valence-electron chi connectivity index (χ0n) is 22.6. The van der Waals surface area contributed by atoms with Gasteiger partial charge < -0.3 is 15.3 Å². The maximum absolute atomic E-state index is 13.5. The van der Waals surface area contributed by atoms with Gasteiger partial charge in [-0.15, -0.1) is 0 Å². The molecular formula is C30H29F6NO5. The number of alkyl halides is 6. The predicted molar refractivity (Wildman–Crippen MR) is 141 cm³/mol. The highest BCUT2D eigenvalue weighted by Crippen LogP contribution is 2.48. The number of anilines is 1. The third-order valence-corrected chi connectivity index (χ3v) is 7.87. The summed E-state index contributed by atoms with van der Waals surface area (Å²) >= 11 is 0. The molecule has 2 aromatic carbocycles. The first-order chi connectivity index (χ1) is 19.5. The molecule has 0 saturated carbocycles. The van der Waals surface area contributed by atoms with E-state index in [0.29, 0.717) is 40.2 Å². The van der Waals surface area contributed by atoms with E-state index >= 15 is 0 Å². The molecule has 1 heterocycles. The number of allylic oxidation sites excluding steroid dienone is 2. The lowest BCUT2D eigenvalue weighted by atomic mass is 9.68. The first-order valence-electron chi connectivity index (χ1n) is 13.2. The number of amides is 2. The molecule has 1 saturated heterocycles. The third-order valence-electron chi connectivity index (χ3n) is 7.87. The van der Waals surface area contributed by atoms with E-state index in [1.54, 1.807) is 38.1 Å². The molecular weight excluding hydrogens is 568 g/mol. The zero-order chi connectivity index (χ0) is 31.1. The molecule has 12 heteroatoms. The van der Waals surface area contributed by atoms with Gasteiger partial charge >= 0.3 is 12.4 Å². The molecule has 0 radical (unpaired) electrons. The van der Waals surface area contributed by atoms with Crippen LogP contribution in [-0.2, 0) is 21.9 Å². The van der Waals surface area contributed by atoms with Gasteiger partial charge in [0, 0.05) is 11.5 Å². The Morgan fingerprint density at radius 3 is 2.17 bits per heavy atom. The minimum absolute atomic E-state index is 0.0631. The maximum Gasteiger partial charge on any atom is 0.416 e. The zero-order valence-corrected chi connectivity index (χ0v) is 22.6. The number of aromatic hydroxyl groups is 1. The van der Waals surface area contributed by atoms with E-state index in [1.807, 2.05) is 0 Å². The van der Waals surface area contributed by atoms with Crippen molar-refractivity contribution in [3.63, 3.8) is 0 Å². The summed E-state index contributed by atoms with van der Waals surface area (Å²) in [5.74, 6) is -5.41. The molecule has 2 amide bonds. The minimum Gasteiger partial charge on any atom is -0.507 e. The van der Waals surface area contributed by atoms with Crippen molar-refractivity contribution in [2.24, 2.45) is 17.8 Å². The maximum atomic E-state index is 13.5. The number of carbonyl (C=O) groups is 2. The van der Waals surface area contributed by atoms with Crippen molar-refractivity contribution in [2.75, 3.05) is 11.5 Å². The van der Waals surface area contributed by atoms with Crippen LogP contribution in [0.4, 0.5) is 32.0 Å². The van der Waals surface area contributed by atoms with Crippen LogP contribution in [0, 0.1) is 17.8 Å². The Kier molecular flexibility index (Phi) is 8.62. The molecule has 0 spiro atoms. The van der Waals surface area contributed by atoms with Crippen molar-refractivity contribution in [3.05, 3.63) is 75.9 Å². The quantitative estimate of drug-likeness (QED) is 0.203. The summed E-state index contributed by atoms with van der Waals surface area (Å²) in [6, 6.07) is 7.22. The van der Waals surface area contributed by atoms with E-state index < -0.39 is 71.4 Å². The molecule has 1 aliphatic carbocycles. The van der Waals surface area contributed by atoms with Crippen LogP contribution in [-0.4, -0.2) is 39.8 Å². The van der Waals surface area contributed by atoms with Gasteiger partial charge in [0.1, 0.15) is 5.75 Å². The fourth-order valence-corrected chi connectivity index (χ4v) is 5.91. The van der Waals surface area contributed by atoms with Gasteiger partial charge in [-0.25, -0.2) is 4.90 Å². The van der Waals surface area contributed by atoms with Crippen LogP contribution in [0.5, 0.6) is 5.75 Å². The fraction of sp³-hybridized carbons (Fsp3) is 0.400. The Balaban J connectivity index is 1.62. The Hall–Kier alpha value is -3.64. The van der Waals surface area contributed by atoms with Gasteiger partial charge in [-0.2, -0.15) is 26.3 Å². The van der Waals surface area contributed by atoms with Gasteiger partial charge in [0.2, 0.25) is 11.8 Å². The van der Waals surface area contributed by atoms with Gasteiger partial charge in [-0.05, 0) is 62.9 Å². The van der Waals surface area contributed by atoms with Crippen LogP contribution in [0.15, 0.2) is 59.2 Å². The molecule has 2 aliphatic rings. The number of imide groups is 1. The van der Waals surface area contributed by atoms with Crippen LogP contribution in [0.2, 0.25) is 0 Å². The molecule has 6 nitrogen and oxygen atoms in total. The van der Waals surface area contributed by atoms with E-state index in [4.69, 9.17) is 0 Å². The molecule has 3 N–H and O–H groups in total. The topological polar surface area (TPSA) is 98.1 Å². The van der Waals surface area contributed by atoms with Gasteiger partial charge in [0.15, 0.2) is 0 Å². The van der Waals surface area contributed by atoms with Crippen LogP contribution >= 0.6 is 0 Å². The number of para-hydroxylation sites is 1. The standard InChI is InChI=1S/C30H29F6NO5/c1-15(9-17-5-3-4-6-23(17)39)7-8-24(40)25-16(2)10-21-26(22(25)14-38)28(42)37(27(21)41)20-12-18(29(31,32)33)11-19(13-20)30(34,35)36/h3-6,9,11-13,21-22,24,26,38-40H,7-8,10,14H2,1-2H3/b15-9+/t21-,22+,24-,26-/m1/s1. The number of hydrogen-bond donors (Lipinski definition) is 3. The van der Waals surface area contributed by atoms with Gasteiger partial charge in [0.25, 0.3) is 0 Å². The lowest BCUT2D eigenvalue weighted by Gasteiger charge is -2.35. The molecule has 4 atom stereocenters. The monoisotopic (exact) mass is 597 g/mol. The molecule has 42 heavy (non-hydrogen) atoms. The number of phenolic OH excluding ortho intramolecular Hbond substituents is 1. The highest BCUT2D eigenvalue weighted by atomic mass is 19.4. The molecule has 2 aromatic rings. The number of halogens is 6. The van der Waals surface area contributed by atoms with Gasteiger partial charge in [0.05, 0.1) is 41.4 Å². The first-order valence-corrected chi connectivity index (χ1v) is 13.2. The number of aliphatic hydroxyl groups is 2. The SMILES string of the molecule is CC1=C([C@H](O)CC/C(C)=C/c2ccccc2O)[C@H](CO)[C@@H]2C(=O)N(c3cc(C(F)(F)F)cc(C(F)(F)F)c3)C(=O)[C@@H]2C1. The normalized spacial score (nSPS) is 22.6. The number of aliphatic hydroxyl groups excluding tert-OH is 2. The summed E-state index contributed by atoms with van der Waals surface area (Å²) in [5, 5.41) is 31.4. The molecule has 0 unspecified atom stereocenters. The Labute approximate surface area is 237 Å². The summed E-state index contributed by atoms with van der Waals surface area (Å²) in [6.45, 7) is 2.72. The second kappa shape index (κ2) is 11.6. The largest absolute Gasteiger partial charge is 0.507 e. The minimum atomic E-state index is -5.18. The Morgan fingerprint density at radius 1 is 1.02 bits per heavy atom. The van der Waals surface area contributed by atoms with Crippen LogP contribution in [0.1, 0.15) is 49.8 Å². The number of rotatable bonds is 7. The molecule has 0 aromatic heterocycles. The number of hydrogen-bond acceptors (Lipinski definition) is 5. The van der Waals surface area contributed by atoms with Crippen molar-refractivity contribution in [1.29, 1.82) is 0 Å². The van der Waals surface area contributed by atoms with Crippen LogP contribution in [0.3, 0.4) is 0 Å². The first kappa shape index (κ1) is 31.3. The molecule has 1 fully saturated rings. The number of carbonyl (C=O) groups excluding carboxylic acids is 2. The smallest absolute Gasteiger partial charge is 0.416 e. The summed E-state index contributed by atoms with van der Waals surface area (Å²) in [6.07, 6.45) is -9.31. The predicted octanol–water partition coefficient (Wildman–Crippen LogP) is 6.11. The molecule has 226 valence electrons. The van der Waals surface area contributed by atoms with E-state index in [-0.39, 0.29) is 24.7 Å². The highest BCUT2D eigenvalue weighted by molar-refractivity contribution is 6.22. The van der Waals surface area contributed by atoms with Crippen molar-refractivity contribution in [1.82, 2.24) is 0 Å². The van der Waals surface area contributed by atoms with Crippen molar-refractivity contribution >= 4 is 23.6 Å². The van der Waals surface area contributed by atoms with E-state index in [9.17, 15) is 51.3 Å². The average molecular weight is 598 g/mol. The Bertz CT molecular complexity index is 1410. The summed E-state index contributed by atoms with van der Waals surface area (Å²) in [5.41, 5.74) is -1.98. The number of benzene rings is 2. The third kappa shape index (κ3) is 6.10. The molecule has 4 rings (SSSR count). The van der Waals surface area contributed by atoms with Crippen LogP contribution < -0.4 is 4.90 Å².